The molecule has 0 atom stereocenters. The highest BCUT2D eigenvalue weighted by atomic mass is 32.1. The Morgan fingerprint density at radius 3 is 2.24 bits per heavy atom. The maximum atomic E-state index is 12.5. The van der Waals surface area contributed by atoms with E-state index in [2.05, 4.69) is 4.98 Å². The Hall–Kier alpha value is -0.420. The highest BCUT2D eigenvalue weighted by molar-refractivity contribution is 7.53. The first-order chi connectivity index (χ1) is 7.81. The van der Waals surface area contributed by atoms with Crippen LogP contribution in [0.1, 0.15) is 33.4 Å². The van der Waals surface area contributed by atoms with Gasteiger partial charge in [0.15, 0.2) is 5.13 Å². The molecule has 0 aliphatic heterocycles. The van der Waals surface area contributed by atoms with Gasteiger partial charge < -0.3 is 14.8 Å². The maximum absolute atomic E-state index is 12.5. The van der Waals surface area contributed by atoms with E-state index in [9.17, 15) is 4.57 Å². The molecule has 0 saturated heterocycles. The number of anilines is 1. The third kappa shape index (κ3) is 5.17. The average Bonchev–Trinajstić information content (AvgIpc) is 2.46. The molecule has 0 amide bonds. The molecule has 0 aliphatic rings. The fourth-order valence-corrected chi connectivity index (χ4v) is 4.06. The van der Waals surface area contributed by atoms with Crippen molar-refractivity contribution in [3.63, 3.8) is 0 Å². The molecule has 1 heterocycles. The van der Waals surface area contributed by atoms with Crippen LogP contribution < -0.4 is 5.73 Å². The number of rotatable bonds is 6. The molecule has 0 saturated carbocycles. The molecule has 1 aromatic rings. The Morgan fingerprint density at radius 1 is 1.35 bits per heavy atom. The van der Waals surface area contributed by atoms with Crippen molar-refractivity contribution >= 4 is 24.1 Å². The molecule has 0 aliphatic carbocycles. The summed E-state index contributed by atoms with van der Waals surface area (Å²) in [6, 6.07) is 0. The van der Waals surface area contributed by atoms with E-state index in [4.69, 9.17) is 14.8 Å². The largest absolute Gasteiger partial charge is 0.375 e. The zero-order valence-electron chi connectivity index (χ0n) is 10.5. The standard InChI is InChI=1S/C10H19N2O3PS/c1-7(2)14-16(13,15-8(3)4)5-9-6-17-10(11)12-9/h6-8H,5H2,1-4H3,(H2,11,12). The second kappa shape index (κ2) is 5.96. The summed E-state index contributed by atoms with van der Waals surface area (Å²) in [6.07, 6.45) is -0.150. The van der Waals surface area contributed by atoms with Gasteiger partial charge in [0.25, 0.3) is 0 Å². The summed E-state index contributed by atoms with van der Waals surface area (Å²) >= 11 is 1.32. The topological polar surface area (TPSA) is 74.4 Å². The summed E-state index contributed by atoms with van der Waals surface area (Å²) in [4.78, 5) is 4.07. The highest BCUT2D eigenvalue weighted by Gasteiger charge is 2.29. The van der Waals surface area contributed by atoms with Gasteiger partial charge in [-0.25, -0.2) is 4.98 Å². The molecule has 0 aromatic carbocycles. The van der Waals surface area contributed by atoms with E-state index in [1.807, 2.05) is 27.7 Å². The summed E-state index contributed by atoms with van der Waals surface area (Å²) in [5.41, 5.74) is 6.19. The molecular weight excluding hydrogens is 259 g/mol. The van der Waals surface area contributed by atoms with E-state index in [0.29, 0.717) is 10.8 Å². The summed E-state index contributed by atoms with van der Waals surface area (Å²) in [7, 11) is -3.15. The van der Waals surface area contributed by atoms with Crippen LogP contribution in [-0.2, 0) is 19.8 Å². The van der Waals surface area contributed by atoms with Crippen LogP contribution in [0.15, 0.2) is 5.38 Å². The van der Waals surface area contributed by atoms with Crippen molar-refractivity contribution in [3.05, 3.63) is 11.1 Å². The average molecular weight is 278 g/mol. The first-order valence-electron chi connectivity index (χ1n) is 5.46. The molecule has 0 unspecified atom stereocenters. The monoisotopic (exact) mass is 278 g/mol. The molecule has 5 nitrogen and oxygen atoms in total. The van der Waals surface area contributed by atoms with E-state index >= 15 is 0 Å². The van der Waals surface area contributed by atoms with Crippen molar-refractivity contribution in [2.24, 2.45) is 0 Å². The summed E-state index contributed by atoms with van der Waals surface area (Å²) < 4.78 is 23.3. The minimum Gasteiger partial charge on any atom is -0.375 e. The molecule has 0 bridgehead atoms. The van der Waals surface area contributed by atoms with Crippen molar-refractivity contribution in [1.82, 2.24) is 4.98 Å². The van der Waals surface area contributed by atoms with Crippen LogP contribution in [0.25, 0.3) is 0 Å². The van der Waals surface area contributed by atoms with Crippen LogP contribution in [-0.4, -0.2) is 17.2 Å². The van der Waals surface area contributed by atoms with E-state index in [0.717, 1.165) is 0 Å². The second-order valence-electron chi connectivity index (χ2n) is 4.25. The first-order valence-corrected chi connectivity index (χ1v) is 8.07. The van der Waals surface area contributed by atoms with Crippen LogP contribution in [0.3, 0.4) is 0 Å². The molecule has 17 heavy (non-hydrogen) atoms. The molecule has 2 N–H and O–H groups in total. The number of nitrogens with zero attached hydrogens (tertiary/aromatic N) is 1. The van der Waals surface area contributed by atoms with E-state index in [-0.39, 0.29) is 18.4 Å². The molecule has 7 heteroatoms. The van der Waals surface area contributed by atoms with Crippen molar-refractivity contribution in [2.75, 3.05) is 5.73 Å². The third-order valence-corrected chi connectivity index (χ3v) is 4.59. The number of aromatic nitrogens is 1. The van der Waals surface area contributed by atoms with Crippen LogP contribution in [0, 0.1) is 0 Å². The van der Waals surface area contributed by atoms with Crippen LogP contribution >= 0.6 is 18.9 Å². The number of hydrogen-bond acceptors (Lipinski definition) is 6. The minimum absolute atomic E-state index is 0.157. The molecule has 98 valence electrons. The van der Waals surface area contributed by atoms with E-state index in [1.165, 1.54) is 11.3 Å². The molecule has 1 rings (SSSR count). The predicted molar refractivity (Wildman–Crippen MR) is 70.3 cm³/mol. The molecule has 1 aromatic heterocycles. The van der Waals surface area contributed by atoms with Gasteiger partial charge in [0.1, 0.15) is 0 Å². The number of nitrogens with two attached hydrogens (primary N) is 1. The van der Waals surface area contributed by atoms with E-state index in [1.54, 1.807) is 5.38 Å². The summed E-state index contributed by atoms with van der Waals surface area (Å²) in [5, 5.41) is 2.23. The Labute approximate surface area is 106 Å². The van der Waals surface area contributed by atoms with Crippen molar-refractivity contribution in [2.45, 2.75) is 46.1 Å². The summed E-state index contributed by atoms with van der Waals surface area (Å²) in [5.74, 6) is 0. The predicted octanol–water partition coefficient (Wildman–Crippen LogP) is 3.27. The van der Waals surface area contributed by atoms with Gasteiger partial charge in [-0.1, -0.05) is 0 Å². The lowest BCUT2D eigenvalue weighted by molar-refractivity contribution is 0.141. The van der Waals surface area contributed by atoms with E-state index < -0.39 is 7.60 Å². The second-order valence-corrected chi connectivity index (χ2v) is 7.10. The summed E-state index contributed by atoms with van der Waals surface area (Å²) in [6.45, 7) is 7.30. The fourth-order valence-electron chi connectivity index (χ4n) is 1.34. The Balaban J connectivity index is 2.79. The smallest absolute Gasteiger partial charge is 0.337 e. The first kappa shape index (κ1) is 14.6. The zero-order valence-corrected chi connectivity index (χ0v) is 12.3. The normalized spacial score (nSPS) is 12.6. The third-order valence-electron chi connectivity index (χ3n) is 1.67. The zero-order chi connectivity index (χ0) is 13.1. The van der Waals surface area contributed by atoms with Gasteiger partial charge in [0, 0.05) is 5.38 Å². The lowest BCUT2D eigenvalue weighted by atomic mass is 10.5. The van der Waals surface area contributed by atoms with Gasteiger partial charge in [0.2, 0.25) is 0 Å². The minimum atomic E-state index is -3.15. The van der Waals surface area contributed by atoms with Gasteiger partial charge in [-0.15, -0.1) is 11.3 Å². The molecule has 0 radical (unpaired) electrons. The number of thiazole rings is 1. The molecular formula is C10H19N2O3PS. The Morgan fingerprint density at radius 2 is 1.88 bits per heavy atom. The van der Waals surface area contributed by atoms with Crippen molar-refractivity contribution in [3.8, 4) is 0 Å². The van der Waals surface area contributed by atoms with Crippen LogP contribution in [0.5, 0.6) is 0 Å². The van der Waals surface area contributed by atoms with Gasteiger partial charge in [-0.05, 0) is 27.7 Å². The fraction of sp³-hybridized carbons (Fsp3) is 0.700. The highest BCUT2D eigenvalue weighted by Crippen LogP contribution is 2.53. The number of hydrogen-bond donors (Lipinski definition) is 1. The number of nitrogen functional groups attached to an aromatic ring is 1. The van der Waals surface area contributed by atoms with Crippen molar-refractivity contribution in [1.29, 1.82) is 0 Å². The van der Waals surface area contributed by atoms with Gasteiger partial charge in [-0.2, -0.15) is 0 Å². The SMILES string of the molecule is CC(C)OP(=O)(Cc1csc(N)n1)OC(C)C. The van der Waals surface area contributed by atoms with Crippen molar-refractivity contribution < 1.29 is 13.6 Å². The quantitative estimate of drug-likeness (QED) is 0.808. The van der Waals surface area contributed by atoms with Crippen LogP contribution in [0.2, 0.25) is 0 Å². The molecule has 0 spiro atoms. The maximum Gasteiger partial charge on any atom is 0.337 e. The van der Waals surface area contributed by atoms with Gasteiger partial charge >= 0.3 is 7.60 Å². The lowest BCUT2D eigenvalue weighted by Gasteiger charge is -2.22. The van der Waals surface area contributed by atoms with Gasteiger partial charge in [0.05, 0.1) is 24.1 Å². The van der Waals surface area contributed by atoms with Crippen LogP contribution in [0.4, 0.5) is 5.13 Å². The molecule has 0 fully saturated rings. The Bertz CT molecular complexity index is 392. The Kier molecular flexibility index (Phi) is 5.13. The lowest BCUT2D eigenvalue weighted by Crippen LogP contribution is -2.09. The van der Waals surface area contributed by atoms with Gasteiger partial charge in [-0.3, -0.25) is 4.57 Å².